The van der Waals surface area contributed by atoms with Crippen LogP contribution in [0.5, 0.6) is 0 Å². The maximum atomic E-state index is 6.08. The molecule has 18 heavy (non-hydrogen) atoms. The van der Waals surface area contributed by atoms with Gasteiger partial charge in [-0.15, -0.1) is 0 Å². The fourth-order valence-corrected chi connectivity index (χ4v) is 3.42. The summed E-state index contributed by atoms with van der Waals surface area (Å²) in [6, 6.07) is 2.92. The van der Waals surface area contributed by atoms with Gasteiger partial charge in [-0.25, -0.2) is 0 Å². The van der Waals surface area contributed by atoms with Crippen LogP contribution in [-0.4, -0.2) is 22.1 Å². The minimum absolute atomic E-state index is 0.210. The van der Waals surface area contributed by atoms with Crippen molar-refractivity contribution in [2.45, 2.75) is 37.3 Å². The molecular weight excluding hydrogens is 242 g/mol. The van der Waals surface area contributed by atoms with Crippen LogP contribution in [0.1, 0.15) is 24.0 Å². The average Bonchev–Trinajstić information content (AvgIpc) is 2.68. The molecule has 2 bridgehead atoms. The third-order valence-electron chi connectivity index (χ3n) is 4.04. The molecule has 1 saturated heterocycles. The zero-order valence-electron chi connectivity index (χ0n) is 10.4. The van der Waals surface area contributed by atoms with Crippen molar-refractivity contribution in [2.24, 2.45) is 5.73 Å². The third-order valence-corrected chi connectivity index (χ3v) is 4.43. The highest BCUT2D eigenvalue weighted by atomic mass is 32.1. The van der Waals surface area contributed by atoms with Crippen molar-refractivity contribution >= 4 is 17.2 Å². The number of hydrogen-bond donors (Lipinski definition) is 2. The molecule has 3 heterocycles. The number of rotatable bonds is 2. The van der Waals surface area contributed by atoms with E-state index in [0.29, 0.717) is 17.1 Å². The number of thiocarbonyl (C=S) groups is 1. The summed E-state index contributed by atoms with van der Waals surface area (Å²) in [5.41, 5.74) is 8.19. The molecule has 1 aromatic rings. The highest BCUT2D eigenvalue weighted by Crippen LogP contribution is 2.40. The molecule has 1 fully saturated rings. The zero-order chi connectivity index (χ0) is 12.8. The summed E-state index contributed by atoms with van der Waals surface area (Å²) >= 11 is 5.38. The van der Waals surface area contributed by atoms with Gasteiger partial charge in [0, 0.05) is 24.5 Å². The van der Waals surface area contributed by atoms with Gasteiger partial charge >= 0.3 is 0 Å². The second kappa shape index (κ2) is 4.14. The van der Waals surface area contributed by atoms with E-state index in [4.69, 9.17) is 18.0 Å². The quantitative estimate of drug-likeness (QED) is 0.626. The zero-order valence-corrected chi connectivity index (χ0v) is 11.2. The molecular formula is C14H17N3S. The second-order valence-electron chi connectivity index (χ2n) is 5.37. The van der Waals surface area contributed by atoms with Crippen molar-refractivity contribution in [1.29, 1.82) is 0 Å². The van der Waals surface area contributed by atoms with Crippen LogP contribution in [0.3, 0.4) is 0 Å². The minimum Gasteiger partial charge on any atom is -0.393 e. The molecule has 3 nitrogen and oxygen atoms in total. The van der Waals surface area contributed by atoms with Crippen LogP contribution in [0.2, 0.25) is 0 Å². The van der Waals surface area contributed by atoms with Crippen LogP contribution in [0.15, 0.2) is 30.6 Å². The van der Waals surface area contributed by atoms with Gasteiger partial charge in [0.25, 0.3) is 0 Å². The first-order valence-electron chi connectivity index (χ1n) is 6.26. The predicted octanol–water partition coefficient (Wildman–Crippen LogP) is 1.60. The predicted molar refractivity (Wildman–Crippen MR) is 76.5 cm³/mol. The summed E-state index contributed by atoms with van der Waals surface area (Å²) in [7, 11) is 0. The standard InChI is InChI=1S/C14H17N3S/c1-9-4-10(8-16-7-9)14(13(15)18)5-11-2-3-12(6-14)17-11/h2-4,7-8,11-12,17H,5-6H2,1H3,(H2,15,18). The molecule has 0 saturated carbocycles. The Balaban J connectivity index is 2.05. The number of aromatic nitrogens is 1. The Morgan fingerprint density at radius 3 is 2.61 bits per heavy atom. The van der Waals surface area contributed by atoms with E-state index in [-0.39, 0.29) is 5.41 Å². The molecule has 0 aliphatic carbocycles. The maximum Gasteiger partial charge on any atom is 0.0836 e. The van der Waals surface area contributed by atoms with E-state index in [1.54, 1.807) is 0 Å². The fraction of sp³-hybridized carbons (Fsp3) is 0.429. The molecule has 94 valence electrons. The van der Waals surface area contributed by atoms with Crippen LogP contribution in [-0.2, 0) is 5.41 Å². The lowest BCUT2D eigenvalue weighted by Crippen LogP contribution is -2.53. The molecule has 3 rings (SSSR count). The molecule has 0 spiro atoms. The maximum absolute atomic E-state index is 6.08. The lowest BCUT2D eigenvalue weighted by atomic mass is 9.70. The van der Waals surface area contributed by atoms with Gasteiger partial charge < -0.3 is 11.1 Å². The topological polar surface area (TPSA) is 50.9 Å². The molecule has 2 aliphatic heterocycles. The van der Waals surface area contributed by atoms with E-state index in [1.165, 1.54) is 0 Å². The van der Waals surface area contributed by atoms with Gasteiger partial charge in [0.05, 0.1) is 10.4 Å². The minimum atomic E-state index is -0.210. The number of aryl methyl sites for hydroxylation is 1. The van der Waals surface area contributed by atoms with Crippen LogP contribution in [0.25, 0.3) is 0 Å². The summed E-state index contributed by atoms with van der Waals surface area (Å²) < 4.78 is 0. The number of nitrogens with one attached hydrogen (secondary N) is 1. The molecule has 0 aromatic carbocycles. The van der Waals surface area contributed by atoms with Gasteiger partial charge in [0.15, 0.2) is 0 Å². The molecule has 0 amide bonds. The summed E-state index contributed by atoms with van der Waals surface area (Å²) in [5.74, 6) is 0. The first-order valence-corrected chi connectivity index (χ1v) is 6.67. The molecule has 2 unspecified atom stereocenters. The number of fused-ring (bicyclic) bond motifs is 2. The van der Waals surface area contributed by atoms with E-state index < -0.39 is 0 Å². The summed E-state index contributed by atoms with van der Waals surface area (Å²) in [5, 5.41) is 3.54. The molecule has 2 atom stereocenters. The van der Waals surface area contributed by atoms with Crippen molar-refractivity contribution in [1.82, 2.24) is 10.3 Å². The molecule has 0 radical (unpaired) electrons. The number of nitrogens with zero attached hydrogens (tertiary/aromatic N) is 1. The average molecular weight is 259 g/mol. The van der Waals surface area contributed by atoms with Crippen molar-refractivity contribution in [3.8, 4) is 0 Å². The molecule has 1 aromatic heterocycles. The van der Waals surface area contributed by atoms with Gasteiger partial charge in [-0.05, 0) is 30.9 Å². The number of nitrogens with two attached hydrogens (primary N) is 1. The van der Waals surface area contributed by atoms with Gasteiger partial charge in [0.1, 0.15) is 0 Å². The van der Waals surface area contributed by atoms with Gasteiger partial charge in [-0.3, -0.25) is 4.98 Å². The van der Waals surface area contributed by atoms with Gasteiger partial charge in [0.2, 0.25) is 0 Å². The van der Waals surface area contributed by atoms with E-state index >= 15 is 0 Å². The lowest BCUT2D eigenvalue weighted by Gasteiger charge is -2.41. The van der Waals surface area contributed by atoms with E-state index in [0.717, 1.165) is 24.0 Å². The van der Waals surface area contributed by atoms with Crippen LogP contribution < -0.4 is 11.1 Å². The van der Waals surface area contributed by atoms with Crippen molar-refractivity contribution in [3.05, 3.63) is 41.7 Å². The van der Waals surface area contributed by atoms with E-state index in [2.05, 4.69) is 35.4 Å². The Labute approximate surface area is 112 Å². The Kier molecular flexibility index (Phi) is 2.72. The Hall–Kier alpha value is -1.26. The Morgan fingerprint density at radius 1 is 1.39 bits per heavy atom. The van der Waals surface area contributed by atoms with Crippen molar-refractivity contribution in [2.75, 3.05) is 0 Å². The Morgan fingerprint density at radius 2 is 2.06 bits per heavy atom. The van der Waals surface area contributed by atoms with Crippen LogP contribution in [0.4, 0.5) is 0 Å². The fourth-order valence-electron chi connectivity index (χ4n) is 3.14. The van der Waals surface area contributed by atoms with Gasteiger partial charge in [-0.1, -0.05) is 30.4 Å². The summed E-state index contributed by atoms with van der Waals surface area (Å²) in [4.78, 5) is 4.89. The third kappa shape index (κ3) is 1.76. The highest BCUT2D eigenvalue weighted by Gasteiger charge is 2.45. The van der Waals surface area contributed by atoms with Crippen molar-refractivity contribution < 1.29 is 0 Å². The second-order valence-corrected chi connectivity index (χ2v) is 5.81. The van der Waals surface area contributed by atoms with Crippen LogP contribution >= 0.6 is 12.2 Å². The number of hydrogen-bond acceptors (Lipinski definition) is 3. The Bertz CT molecular complexity index is 510. The highest BCUT2D eigenvalue weighted by molar-refractivity contribution is 7.80. The number of pyridine rings is 1. The molecule has 3 N–H and O–H groups in total. The largest absolute Gasteiger partial charge is 0.393 e. The monoisotopic (exact) mass is 259 g/mol. The van der Waals surface area contributed by atoms with Crippen molar-refractivity contribution in [3.63, 3.8) is 0 Å². The van der Waals surface area contributed by atoms with Crippen LogP contribution in [0, 0.1) is 6.92 Å². The normalized spacial score (nSPS) is 33.6. The lowest BCUT2D eigenvalue weighted by molar-refractivity contribution is 0.331. The molecule has 2 aliphatic rings. The first-order chi connectivity index (χ1) is 8.60. The van der Waals surface area contributed by atoms with Gasteiger partial charge in [-0.2, -0.15) is 0 Å². The first kappa shape index (κ1) is 11.8. The summed E-state index contributed by atoms with van der Waals surface area (Å²) in [6.45, 7) is 2.05. The SMILES string of the molecule is Cc1cncc(C2(C(N)=S)CC3C=CC(C2)N3)c1. The molecule has 4 heteroatoms. The summed E-state index contributed by atoms with van der Waals surface area (Å²) in [6.07, 6.45) is 10.1. The smallest absolute Gasteiger partial charge is 0.0836 e. The van der Waals surface area contributed by atoms with E-state index in [9.17, 15) is 0 Å². The number of piperidine rings is 1. The van der Waals surface area contributed by atoms with E-state index in [1.807, 2.05) is 12.4 Å².